The molecule has 0 unspecified atom stereocenters. The average Bonchev–Trinajstić information content (AvgIpc) is 2.33. The molecule has 0 aliphatic heterocycles. The Hall–Kier alpha value is -1.18. The van der Waals surface area contributed by atoms with Crippen molar-refractivity contribution < 1.29 is 8.42 Å². The molecule has 5 nitrogen and oxygen atoms in total. The van der Waals surface area contributed by atoms with E-state index >= 15 is 0 Å². The summed E-state index contributed by atoms with van der Waals surface area (Å²) in [5.41, 5.74) is 1.04. The molecule has 8 heteroatoms. The van der Waals surface area contributed by atoms with Crippen molar-refractivity contribution >= 4 is 43.2 Å². The van der Waals surface area contributed by atoms with Gasteiger partial charge in [0.15, 0.2) is 5.15 Å². The molecule has 100 valence electrons. The first-order chi connectivity index (χ1) is 8.88. The fraction of sp³-hybridized carbons (Fsp3) is 0.0909. The molecule has 0 saturated heterocycles. The summed E-state index contributed by atoms with van der Waals surface area (Å²) in [4.78, 5) is 7.75. The summed E-state index contributed by atoms with van der Waals surface area (Å²) in [6.45, 7) is 1.79. The largest absolute Gasteiger partial charge is 0.276 e. The Balaban J connectivity index is 2.39. The lowest BCUT2D eigenvalue weighted by molar-refractivity contribution is 0.600. The third kappa shape index (κ3) is 3.43. The van der Waals surface area contributed by atoms with E-state index in [4.69, 9.17) is 11.6 Å². The molecule has 2 rings (SSSR count). The van der Waals surface area contributed by atoms with Gasteiger partial charge in [-0.2, -0.15) is 0 Å². The molecule has 2 aromatic rings. The van der Waals surface area contributed by atoms with E-state index in [1.54, 1.807) is 19.2 Å². The van der Waals surface area contributed by atoms with Crippen LogP contribution in [0, 0.1) is 6.92 Å². The number of hydrogen-bond donors (Lipinski definition) is 1. The van der Waals surface area contributed by atoms with E-state index in [1.165, 1.54) is 18.5 Å². The van der Waals surface area contributed by atoms with Crippen molar-refractivity contribution in [3.8, 4) is 0 Å². The Bertz CT molecular complexity index is 722. The number of rotatable bonds is 3. The van der Waals surface area contributed by atoms with Gasteiger partial charge >= 0.3 is 0 Å². The summed E-state index contributed by atoms with van der Waals surface area (Å²) in [7, 11) is -3.74. The normalized spacial score (nSPS) is 11.3. The molecule has 2 aromatic heterocycles. The highest BCUT2D eigenvalue weighted by molar-refractivity contribution is 9.10. The minimum absolute atomic E-state index is 0.0412. The maximum absolute atomic E-state index is 12.2. The van der Waals surface area contributed by atoms with Gasteiger partial charge in [0.1, 0.15) is 4.90 Å². The number of aromatic nitrogens is 2. The molecule has 0 aromatic carbocycles. The van der Waals surface area contributed by atoms with E-state index in [-0.39, 0.29) is 15.7 Å². The van der Waals surface area contributed by atoms with Crippen molar-refractivity contribution in [1.29, 1.82) is 0 Å². The van der Waals surface area contributed by atoms with Crippen LogP contribution in [0.15, 0.2) is 40.1 Å². The zero-order valence-electron chi connectivity index (χ0n) is 9.76. The molecule has 1 N–H and O–H groups in total. The van der Waals surface area contributed by atoms with E-state index < -0.39 is 10.0 Å². The van der Waals surface area contributed by atoms with Crippen LogP contribution in [0.25, 0.3) is 0 Å². The predicted octanol–water partition coefficient (Wildman–Crippen LogP) is 3.00. The molecular weight excluding hydrogens is 354 g/mol. The molecule has 0 spiro atoms. The number of aryl methyl sites for hydroxylation is 1. The van der Waals surface area contributed by atoms with Crippen LogP contribution in [0.2, 0.25) is 5.15 Å². The number of sulfonamides is 1. The molecular formula is C11H9BrClN3O2S. The minimum Gasteiger partial charge on any atom is -0.276 e. The van der Waals surface area contributed by atoms with Crippen molar-refractivity contribution in [3.05, 3.63) is 45.9 Å². The lowest BCUT2D eigenvalue weighted by Gasteiger charge is -2.09. The highest BCUT2D eigenvalue weighted by atomic mass is 79.9. The Morgan fingerprint density at radius 1 is 1.26 bits per heavy atom. The van der Waals surface area contributed by atoms with Gasteiger partial charge in [0.2, 0.25) is 0 Å². The van der Waals surface area contributed by atoms with Crippen LogP contribution in [0.3, 0.4) is 0 Å². The predicted molar refractivity (Wildman–Crippen MR) is 76.7 cm³/mol. The second-order valence-corrected chi connectivity index (χ2v) is 6.75. The number of anilines is 1. The smallest absolute Gasteiger partial charge is 0.263 e. The quantitative estimate of drug-likeness (QED) is 0.852. The summed E-state index contributed by atoms with van der Waals surface area (Å²) in [6.07, 6.45) is 4.31. The summed E-state index contributed by atoms with van der Waals surface area (Å²) >= 11 is 9.03. The van der Waals surface area contributed by atoms with Gasteiger partial charge in [-0.05, 0) is 40.5 Å². The molecule has 0 bridgehead atoms. The molecule has 0 fully saturated rings. The molecule has 19 heavy (non-hydrogen) atoms. The molecule has 0 aliphatic carbocycles. The Morgan fingerprint density at radius 2 is 2.00 bits per heavy atom. The minimum atomic E-state index is -3.74. The van der Waals surface area contributed by atoms with E-state index in [0.29, 0.717) is 4.47 Å². The van der Waals surface area contributed by atoms with Crippen molar-refractivity contribution in [3.63, 3.8) is 0 Å². The van der Waals surface area contributed by atoms with Gasteiger partial charge in [-0.3, -0.25) is 9.71 Å². The van der Waals surface area contributed by atoms with Gasteiger partial charge in [-0.15, -0.1) is 0 Å². The number of hydrogen-bond acceptors (Lipinski definition) is 4. The maximum atomic E-state index is 12.2. The Labute approximate surface area is 124 Å². The zero-order valence-corrected chi connectivity index (χ0v) is 12.9. The lowest BCUT2D eigenvalue weighted by atomic mass is 10.3. The molecule has 0 atom stereocenters. The molecule has 0 amide bonds. The number of nitrogens with one attached hydrogen (secondary N) is 1. The van der Waals surface area contributed by atoms with Crippen LogP contribution in [-0.4, -0.2) is 18.4 Å². The van der Waals surface area contributed by atoms with Crippen LogP contribution >= 0.6 is 27.5 Å². The Kier molecular flexibility index (Phi) is 4.07. The van der Waals surface area contributed by atoms with E-state index in [2.05, 4.69) is 30.6 Å². The third-order valence-corrected chi connectivity index (χ3v) is 4.28. The highest BCUT2D eigenvalue weighted by Gasteiger charge is 2.17. The van der Waals surface area contributed by atoms with Gasteiger partial charge in [-0.25, -0.2) is 13.4 Å². The van der Waals surface area contributed by atoms with Gasteiger partial charge < -0.3 is 0 Å². The van der Waals surface area contributed by atoms with Crippen LogP contribution in [-0.2, 0) is 10.0 Å². The average molecular weight is 363 g/mol. The van der Waals surface area contributed by atoms with Crippen molar-refractivity contribution in [2.45, 2.75) is 11.8 Å². The molecule has 2 heterocycles. The Morgan fingerprint density at radius 3 is 2.68 bits per heavy atom. The van der Waals surface area contributed by atoms with E-state index in [9.17, 15) is 8.42 Å². The number of pyridine rings is 2. The maximum Gasteiger partial charge on any atom is 0.263 e. The number of halogens is 2. The van der Waals surface area contributed by atoms with Gasteiger partial charge in [0.05, 0.1) is 5.69 Å². The molecule has 0 aliphatic rings. The number of nitrogens with zero attached hydrogens (tertiary/aromatic N) is 2. The summed E-state index contributed by atoms with van der Waals surface area (Å²) < 4.78 is 27.3. The second kappa shape index (κ2) is 5.44. The fourth-order valence-corrected chi connectivity index (χ4v) is 3.13. The highest BCUT2D eigenvalue weighted by Crippen LogP contribution is 2.24. The van der Waals surface area contributed by atoms with E-state index in [0.717, 1.165) is 5.56 Å². The third-order valence-electron chi connectivity index (χ3n) is 2.21. The first-order valence-corrected chi connectivity index (χ1v) is 7.79. The summed E-state index contributed by atoms with van der Waals surface area (Å²) in [5, 5.41) is 0.0946. The van der Waals surface area contributed by atoms with Gasteiger partial charge in [0.25, 0.3) is 10.0 Å². The summed E-state index contributed by atoms with van der Waals surface area (Å²) in [6, 6.07) is 3.06. The fourth-order valence-electron chi connectivity index (χ4n) is 1.37. The molecule has 0 saturated carbocycles. The van der Waals surface area contributed by atoms with Crippen LogP contribution < -0.4 is 4.72 Å². The zero-order chi connectivity index (χ0) is 14.0. The lowest BCUT2D eigenvalue weighted by Crippen LogP contribution is -2.14. The van der Waals surface area contributed by atoms with Crippen LogP contribution in [0.5, 0.6) is 0 Å². The van der Waals surface area contributed by atoms with Crippen LogP contribution in [0.1, 0.15) is 5.56 Å². The second-order valence-electron chi connectivity index (χ2n) is 3.80. The standard InChI is InChI=1S/C11H9BrClN3O2S/c1-7-2-10(11(13)15-4-7)16-19(17,18)9-3-8(12)5-14-6-9/h2-6,16H,1H3. The summed E-state index contributed by atoms with van der Waals surface area (Å²) in [5.74, 6) is 0. The first-order valence-electron chi connectivity index (χ1n) is 5.14. The van der Waals surface area contributed by atoms with Crippen molar-refractivity contribution in [2.75, 3.05) is 4.72 Å². The molecule has 0 radical (unpaired) electrons. The van der Waals surface area contributed by atoms with Crippen molar-refractivity contribution in [2.24, 2.45) is 0 Å². The van der Waals surface area contributed by atoms with Gasteiger partial charge in [-0.1, -0.05) is 11.6 Å². The van der Waals surface area contributed by atoms with E-state index in [1.807, 2.05) is 0 Å². The SMILES string of the molecule is Cc1cnc(Cl)c(NS(=O)(=O)c2cncc(Br)c2)c1. The van der Waals surface area contributed by atoms with Gasteiger partial charge in [0, 0.05) is 23.1 Å². The monoisotopic (exact) mass is 361 g/mol. The topological polar surface area (TPSA) is 72.0 Å². The van der Waals surface area contributed by atoms with Crippen LogP contribution in [0.4, 0.5) is 5.69 Å². The van der Waals surface area contributed by atoms with Crippen molar-refractivity contribution in [1.82, 2.24) is 9.97 Å². The first kappa shape index (κ1) is 14.2.